The van der Waals surface area contributed by atoms with Crippen LogP contribution < -0.4 is 0 Å². The number of carbonyl (C=O) groups is 1. The highest BCUT2D eigenvalue weighted by atomic mass is 16.5. The molecule has 0 aliphatic rings. The summed E-state index contributed by atoms with van der Waals surface area (Å²) in [6, 6.07) is 1.68. The van der Waals surface area contributed by atoms with Gasteiger partial charge in [0.05, 0.1) is 6.42 Å². The van der Waals surface area contributed by atoms with Gasteiger partial charge in [-0.05, 0) is 12.5 Å². The van der Waals surface area contributed by atoms with Crippen molar-refractivity contribution in [2.75, 3.05) is 0 Å². The Labute approximate surface area is 105 Å². The number of carbonyl (C=O) groups excluding carboxylic acids is 1. The van der Waals surface area contributed by atoms with Crippen molar-refractivity contribution in [3.63, 3.8) is 0 Å². The summed E-state index contributed by atoms with van der Waals surface area (Å²) in [5.41, 5.74) is 0.545. The maximum absolute atomic E-state index is 11.9. The molecule has 6 nitrogen and oxygen atoms in total. The first-order valence-electron chi connectivity index (χ1n) is 6.03. The molecule has 0 unspecified atom stereocenters. The highest BCUT2D eigenvalue weighted by molar-refractivity contribution is 5.95. The van der Waals surface area contributed by atoms with Crippen molar-refractivity contribution in [1.29, 1.82) is 0 Å². The largest absolute Gasteiger partial charge is 0.339 e. The molecular formula is C12H16N4O2. The van der Waals surface area contributed by atoms with E-state index >= 15 is 0 Å². The van der Waals surface area contributed by atoms with E-state index in [1.807, 2.05) is 0 Å². The molecule has 0 spiro atoms. The minimum absolute atomic E-state index is 0.0688. The molecule has 0 bridgehead atoms. The summed E-state index contributed by atoms with van der Waals surface area (Å²) in [6.07, 6.45) is 4.61. The first-order chi connectivity index (χ1) is 8.70. The van der Waals surface area contributed by atoms with Crippen LogP contribution in [-0.2, 0) is 19.9 Å². The summed E-state index contributed by atoms with van der Waals surface area (Å²) in [5, 5.41) is 7.80. The quantitative estimate of drug-likeness (QED) is 0.725. The van der Waals surface area contributed by atoms with Crippen LogP contribution in [0.2, 0.25) is 0 Å². The summed E-state index contributed by atoms with van der Waals surface area (Å²) >= 11 is 0. The van der Waals surface area contributed by atoms with Crippen molar-refractivity contribution in [3.05, 3.63) is 29.7 Å². The Hall–Kier alpha value is -1.98. The van der Waals surface area contributed by atoms with Gasteiger partial charge in [0, 0.05) is 19.7 Å². The Balaban J connectivity index is 1.99. The molecule has 0 atom stereocenters. The van der Waals surface area contributed by atoms with Gasteiger partial charge < -0.3 is 4.52 Å². The van der Waals surface area contributed by atoms with Gasteiger partial charge in [0.25, 0.3) is 0 Å². The molecule has 0 saturated heterocycles. The number of Topliss-reactive ketones (excluding diaryl/α,β-unsaturated/α-hetero) is 1. The van der Waals surface area contributed by atoms with Gasteiger partial charge in [-0.25, -0.2) is 0 Å². The summed E-state index contributed by atoms with van der Waals surface area (Å²) in [7, 11) is 1.73. The SMILES string of the molecule is CCCCc1noc(CC(=O)c2ccnn2C)n1. The number of hydrogen-bond donors (Lipinski definition) is 0. The van der Waals surface area contributed by atoms with E-state index in [1.165, 1.54) is 4.68 Å². The fraction of sp³-hybridized carbons (Fsp3) is 0.500. The number of rotatable bonds is 6. The van der Waals surface area contributed by atoms with Crippen molar-refractivity contribution in [3.8, 4) is 0 Å². The van der Waals surface area contributed by atoms with E-state index in [0.29, 0.717) is 17.4 Å². The summed E-state index contributed by atoms with van der Waals surface area (Å²) in [4.78, 5) is 16.1. The number of hydrogen-bond acceptors (Lipinski definition) is 5. The Bertz CT molecular complexity index is 530. The Morgan fingerprint density at radius 2 is 2.33 bits per heavy atom. The number of ketones is 1. The van der Waals surface area contributed by atoms with Crippen LogP contribution in [0.1, 0.15) is 42.0 Å². The Morgan fingerprint density at radius 3 is 3.00 bits per heavy atom. The van der Waals surface area contributed by atoms with Gasteiger partial charge >= 0.3 is 0 Å². The van der Waals surface area contributed by atoms with Gasteiger partial charge in [-0.15, -0.1) is 0 Å². The van der Waals surface area contributed by atoms with Crippen LogP contribution in [0.4, 0.5) is 0 Å². The van der Waals surface area contributed by atoms with E-state index in [4.69, 9.17) is 4.52 Å². The van der Waals surface area contributed by atoms with E-state index in [2.05, 4.69) is 22.2 Å². The lowest BCUT2D eigenvalue weighted by Crippen LogP contribution is -2.09. The zero-order valence-electron chi connectivity index (χ0n) is 10.6. The first-order valence-corrected chi connectivity index (χ1v) is 6.03. The second kappa shape index (κ2) is 5.57. The molecule has 0 aliphatic carbocycles. The Kier molecular flexibility index (Phi) is 3.86. The van der Waals surface area contributed by atoms with Crippen LogP contribution in [0.3, 0.4) is 0 Å². The molecule has 0 radical (unpaired) electrons. The third kappa shape index (κ3) is 2.82. The van der Waals surface area contributed by atoms with E-state index in [0.717, 1.165) is 19.3 Å². The molecule has 0 saturated carbocycles. The normalized spacial score (nSPS) is 10.8. The molecule has 2 aromatic heterocycles. The van der Waals surface area contributed by atoms with Crippen LogP contribution >= 0.6 is 0 Å². The molecule has 2 heterocycles. The van der Waals surface area contributed by atoms with Crippen LogP contribution in [0, 0.1) is 0 Å². The minimum Gasteiger partial charge on any atom is -0.339 e. The maximum atomic E-state index is 11.9. The first kappa shape index (κ1) is 12.5. The highest BCUT2D eigenvalue weighted by Gasteiger charge is 2.15. The maximum Gasteiger partial charge on any atom is 0.234 e. The molecular weight excluding hydrogens is 232 g/mol. The van der Waals surface area contributed by atoms with Crippen LogP contribution in [-0.4, -0.2) is 25.7 Å². The van der Waals surface area contributed by atoms with Gasteiger partial charge in [0.1, 0.15) is 5.69 Å². The van der Waals surface area contributed by atoms with E-state index < -0.39 is 0 Å². The monoisotopic (exact) mass is 248 g/mol. The summed E-state index contributed by atoms with van der Waals surface area (Å²) < 4.78 is 6.60. The number of aryl methyl sites for hydroxylation is 2. The van der Waals surface area contributed by atoms with Gasteiger partial charge in [0.2, 0.25) is 5.89 Å². The van der Waals surface area contributed by atoms with Crippen molar-refractivity contribution in [2.24, 2.45) is 7.05 Å². The van der Waals surface area contributed by atoms with E-state index in [-0.39, 0.29) is 12.2 Å². The molecule has 0 fully saturated rings. The van der Waals surface area contributed by atoms with Gasteiger partial charge in [-0.2, -0.15) is 10.1 Å². The molecule has 0 N–H and O–H groups in total. The fourth-order valence-corrected chi connectivity index (χ4v) is 1.67. The van der Waals surface area contributed by atoms with E-state index in [1.54, 1.807) is 19.3 Å². The third-order valence-electron chi connectivity index (χ3n) is 2.68. The number of aromatic nitrogens is 4. The number of nitrogens with zero attached hydrogens (tertiary/aromatic N) is 4. The molecule has 0 aromatic carbocycles. The highest BCUT2D eigenvalue weighted by Crippen LogP contribution is 2.07. The minimum atomic E-state index is -0.0688. The van der Waals surface area contributed by atoms with Crippen LogP contribution in [0.15, 0.2) is 16.8 Å². The zero-order valence-corrected chi connectivity index (χ0v) is 10.6. The van der Waals surface area contributed by atoms with Crippen molar-refractivity contribution < 1.29 is 9.32 Å². The van der Waals surface area contributed by atoms with Crippen molar-refractivity contribution in [1.82, 2.24) is 19.9 Å². The second-order valence-corrected chi connectivity index (χ2v) is 4.15. The van der Waals surface area contributed by atoms with Crippen molar-refractivity contribution in [2.45, 2.75) is 32.6 Å². The predicted octanol–water partition coefficient (Wildman–Crippen LogP) is 1.57. The lowest BCUT2D eigenvalue weighted by molar-refractivity contribution is 0.0974. The Morgan fingerprint density at radius 1 is 1.50 bits per heavy atom. The fourth-order valence-electron chi connectivity index (χ4n) is 1.67. The molecule has 96 valence electrons. The lowest BCUT2D eigenvalue weighted by atomic mass is 10.2. The van der Waals surface area contributed by atoms with E-state index in [9.17, 15) is 4.79 Å². The standard InChI is InChI=1S/C12H16N4O2/c1-3-4-5-11-14-12(18-15-11)8-10(17)9-6-7-13-16(9)2/h6-7H,3-5,8H2,1-2H3. The van der Waals surface area contributed by atoms with Crippen molar-refractivity contribution >= 4 is 5.78 Å². The molecule has 2 aromatic rings. The summed E-state index contributed by atoms with van der Waals surface area (Å²) in [6.45, 7) is 2.10. The lowest BCUT2D eigenvalue weighted by Gasteiger charge is -1.97. The van der Waals surface area contributed by atoms with Crippen LogP contribution in [0.25, 0.3) is 0 Å². The topological polar surface area (TPSA) is 73.8 Å². The third-order valence-corrected chi connectivity index (χ3v) is 2.68. The smallest absolute Gasteiger partial charge is 0.234 e. The number of unbranched alkanes of at least 4 members (excludes halogenated alkanes) is 1. The molecule has 18 heavy (non-hydrogen) atoms. The molecule has 6 heteroatoms. The average molecular weight is 248 g/mol. The predicted molar refractivity (Wildman–Crippen MR) is 64.2 cm³/mol. The summed E-state index contributed by atoms with van der Waals surface area (Å²) in [5.74, 6) is 0.970. The van der Waals surface area contributed by atoms with Crippen LogP contribution in [0.5, 0.6) is 0 Å². The second-order valence-electron chi connectivity index (χ2n) is 4.15. The average Bonchev–Trinajstić information content (AvgIpc) is 2.95. The van der Waals surface area contributed by atoms with Gasteiger partial charge in [0.15, 0.2) is 11.6 Å². The van der Waals surface area contributed by atoms with Gasteiger partial charge in [-0.3, -0.25) is 9.48 Å². The molecule has 0 aliphatic heterocycles. The molecule has 2 rings (SSSR count). The van der Waals surface area contributed by atoms with Gasteiger partial charge in [-0.1, -0.05) is 18.5 Å². The zero-order chi connectivity index (χ0) is 13.0. The molecule has 0 amide bonds.